The molecule has 9 rings (SSSR count). The molecule has 6 heterocycles. The van der Waals surface area contributed by atoms with Crippen molar-refractivity contribution in [1.82, 2.24) is 40.3 Å². The molecule has 3 unspecified atom stereocenters. The molecule has 0 saturated carbocycles. The zero-order valence-electron chi connectivity index (χ0n) is 39.5. The van der Waals surface area contributed by atoms with E-state index in [1.54, 1.807) is 33.6 Å². The van der Waals surface area contributed by atoms with Gasteiger partial charge in [-0.15, -0.1) is 32.9 Å². The topological polar surface area (TPSA) is 187 Å². The van der Waals surface area contributed by atoms with E-state index in [-0.39, 0.29) is 30.2 Å². The molecule has 4 atom stereocenters. The summed E-state index contributed by atoms with van der Waals surface area (Å²) in [6.45, 7) is 16.0. The zero-order chi connectivity index (χ0) is 48.2. The fourth-order valence-electron chi connectivity index (χ4n) is 8.99. The molecule has 350 valence electrons. The van der Waals surface area contributed by atoms with Gasteiger partial charge < -0.3 is 24.7 Å². The number of ether oxygens (including phenoxy) is 1. The Hall–Kier alpha value is -6.85. The van der Waals surface area contributed by atoms with Crippen LogP contribution in [-0.4, -0.2) is 84.8 Å². The Morgan fingerprint density at radius 3 is 2.31 bits per heavy atom. The van der Waals surface area contributed by atoms with Crippen LogP contribution in [0.2, 0.25) is 0 Å². The number of methoxy groups -OCH3 is 1. The van der Waals surface area contributed by atoms with E-state index >= 15 is 0 Å². The summed E-state index contributed by atoms with van der Waals surface area (Å²) in [4.78, 5) is 72.6. The van der Waals surface area contributed by atoms with E-state index in [2.05, 4.69) is 44.6 Å². The second-order valence-electron chi connectivity index (χ2n) is 18.5. The van der Waals surface area contributed by atoms with E-state index in [0.717, 1.165) is 65.1 Å². The Balaban J connectivity index is 0.906. The molecule has 1 fully saturated rings. The molecule has 68 heavy (non-hydrogen) atoms. The predicted molar refractivity (Wildman–Crippen MR) is 262 cm³/mol. The number of carbonyl (C=O) groups is 4. The van der Waals surface area contributed by atoms with Gasteiger partial charge in [-0.2, -0.15) is 0 Å². The maximum atomic E-state index is 14.4. The number of fused-ring (bicyclic) bond motifs is 4. The lowest BCUT2D eigenvalue weighted by molar-refractivity contribution is -0.142. The number of hydrogen-bond acceptors (Lipinski definition) is 13. The van der Waals surface area contributed by atoms with Crippen LogP contribution in [-0.2, 0) is 19.1 Å². The zero-order valence-corrected chi connectivity index (χ0v) is 41.1. The number of likely N-dealkylation sites (tertiary alicyclic amines) is 1. The van der Waals surface area contributed by atoms with E-state index in [9.17, 15) is 19.2 Å². The van der Waals surface area contributed by atoms with Gasteiger partial charge in [0.05, 0.1) is 41.4 Å². The number of nitrogens with one attached hydrogen (secondary N) is 2. The molecule has 2 aliphatic rings. The summed E-state index contributed by atoms with van der Waals surface area (Å²) in [6, 6.07) is 19.1. The van der Waals surface area contributed by atoms with Crippen LogP contribution >= 0.6 is 22.7 Å². The molecule has 2 N–H and O–H groups in total. The molecule has 2 aliphatic heterocycles. The number of oxazole rings is 1. The molecule has 4 aromatic heterocycles. The first-order valence-electron chi connectivity index (χ1n) is 22.6. The molecular formula is C51H53N9O6S2. The standard InChI is InChI=1S/C51H53N9O6S2/c1-26-29(4)68-50-41(26)42(54-37(24-40(61)65-9)45-58-57-30(5)60(45)50)33-16-14-32(15-17-33)35-20-21-36-39(23-35)66-48(55-36)47(63)56-44(51(6,7)8)49(64)59-22-10-11-38(59)46(62)53-27(2)31-12-18-34(19-13-31)43-28(3)52-25-67-43/h12-21,23,25,27,37-38,44H,10-11,22,24H2,1-9H3,(H,53,62)(H,56,63)/t27?,37?,38-,44?/m0/s1. The van der Waals surface area contributed by atoms with Gasteiger partial charge in [0.2, 0.25) is 11.8 Å². The van der Waals surface area contributed by atoms with Crippen molar-refractivity contribution in [2.75, 3.05) is 13.7 Å². The average molecular weight is 952 g/mol. The van der Waals surface area contributed by atoms with Crippen LogP contribution in [0.25, 0.3) is 37.7 Å². The van der Waals surface area contributed by atoms with Gasteiger partial charge in [-0.1, -0.05) is 75.4 Å². The lowest BCUT2D eigenvalue weighted by Gasteiger charge is -2.35. The van der Waals surface area contributed by atoms with Crippen molar-refractivity contribution in [2.24, 2.45) is 10.4 Å². The SMILES string of the molecule is COC(=O)CC1N=C(c2ccc(-c3ccc4nc(C(=O)NC(C(=O)N5CCC[C@H]5C(=O)NC(C)c5ccc(-c6scnc6C)cc5)C(C)(C)C)oc4c3)cc2)c2c(sc(C)c2C)-n2c(C)nnc21. The van der Waals surface area contributed by atoms with Gasteiger partial charge in [0.25, 0.3) is 5.89 Å². The number of amides is 3. The van der Waals surface area contributed by atoms with Crippen LogP contribution in [0.3, 0.4) is 0 Å². The number of carbonyl (C=O) groups excluding carboxylic acids is 4. The maximum absolute atomic E-state index is 14.4. The highest BCUT2D eigenvalue weighted by molar-refractivity contribution is 7.15. The number of esters is 1. The quantitative estimate of drug-likeness (QED) is 0.119. The number of aliphatic imine (C=N–C) groups is 1. The van der Waals surface area contributed by atoms with Crippen molar-refractivity contribution in [2.45, 2.75) is 98.8 Å². The monoisotopic (exact) mass is 951 g/mol. The predicted octanol–water partition coefficient (Wildman–Crippen LogP) is 8.96. The molecule has 3 aromatic carbocycles. The minimum Gasteiger partial charge on any atom is -0.469 e. The van der Waals surface area contributed by atoms with E-state index in [0.29, 0.717) is 42.1 Å². The first-order chi connectivity index (χ1) is 32.5. The van der Waals surface area contributed by atoms with Gasteiger partial charge in [0.15, 0.2) is 11.4 Å². The molecule has 0 bridgehead atoms. The van der Waals surface area contributed by atoms with Crippen LogP contribution in [0.4, 0.5) is 0 Å². The van der Waals surface area contributed by atoms with Gasteiger partial charge in [-0.3, -0.25) is 28.7 Å². The second-order valence-corrected chi connectivity index (χ2v) is 20.6. The molecule has 17 heteroatoms. The van der Waals surface area contributed by atoms with Gasteiger partial charge in [0.1, 0.15) is 34.5 Å². The summed E-state index contributed by atoms with van der Waals surface area (Å²) in [5, 5.41) is 15.8. The third kappa shape index (κ3) is 8.75. The number of hydrogen-bond donors (Lipinski definition) is 2. The largest absolute Gasteiger partial charge is 0.469 e. The number of thiazole rings is 1. The van der Waals surface area contributed by atoms with Crippen molar-refractivity contribution in [3.63, 3.8) is 0 Å². The van der Waals surface area contributed by atoms with Crippen molar-refractivity contribution in [3.05, 3.63) is 123 Å². The summed E-state index contributed by atoms with van der Waals surface area (Å²) in [5.41, 5.74) is 10.4. The second kappa shape index (κ2) is 18.3. The van der Waals surface area contributed by atoms with Crippen molar-refractivity contribution < 1.29 is 28.3 Å². The van der Waals surface area contributed by atoms with Crippen LogP contribution < -0.4 is 10.6 Å². The molecule has 1 saturated heterocycles. The fraction of sp³-hybridized carbons (Fsp3) is 0.353. The molecule has 15 nitrogen and oxygen atoms in total. The van der Waals surface area contributed by atoms with Gasteiger partial charge in [-0.05, 0) is 92.8 Å². The van der Waals surface area contributed by atoms with E-state index in [1.807, 2.05) is 112 Å². The normalized spacial score (nSPS) is 16.7. The highest BCUT2D eigenvalue weighted by Gasteiger charge is 2.43. The summed E-state index contributed by atoms with van der Waals surface area (Å²) in [6.07, 6.45) is 1.19. The van der Waals surface area contributed by atoms with Crippen molar-refractivity contribution in [1.29, 1.82) is 0 Å². The smallest absolute Gasteiger partial charge is 0.308 e. The van der Waals surface area contributed by atoms with Crippen molar-refractivity contribution >= 4 is 63.2 Å². The Kier molecular flexibility index (Phi) is 12.5. The molecule has 0 spiro atoms. The highest BCUT2D eigenvalue weighted by atomic mass is 32.1. The summed E-state index contributed by atoms with van der Waals surface area (Å²) in [5.74, 6) is -0.483. The van der Waals surface area contributed by atoms with Gasteiger partial charge in [0, 0.05) is 22.5 Å². The number of aromatic nitrogens is 5. The highest BCUT2D eigenvalue weighted by Crippen LogP contribution is 2.40. The minimum atomic E-state index is -0.971. The number of rotatable bonds is 11. The van der Waals surface area contributed by atoms with Crippen LogP contribution in [0.5, 0.6) is 0 Å². The number of benzene rings is 3. The molecule has 3 amide bonds. The summed E-state index contributed by atoms with van der Waals surface area (Å²) in [7, 11) is 1.36. The lowest BCUT2D eigenvalue weighted by Crippen LogP contribution is -2.57. The number of thiophene rings is 1. The Bertz CT molecular complexity index is 3120. The minimum absolute atomic E-state index is 0.0107. The lowest BCUT2D eigenvalue weighted by atomic mass is 9.85. The fourth-order valence-corrected chi connectivity index (χ4v) is 11.0. The van der Waals surface area contributed by atoms with Gasteiger partial charge in [-0.25, -0.2) is 9.97 Å². The first-order valence-corrected chi connectivity index (χ1v) is 24.3. The van der Waals surface area contributed by atoms with Crippen LogP contribution in [0.15, 0.2) is 81.7 Å². The number of nitrogens with zero attached hydrogens (tertiary/aromatic N) is 7. The van der Waals surface area contributed by atoms with E-state index in [1.165, 1.54) is 7.11 Å². The average Bonchev–Trinajstić information content (AvgIpc) is 4.17. The van der Waals surface area contributed by atoms with Gasteiger partial charge >= 0.3 is 11.9 Å². The van der Waals surface area contributed by atoms with Crippen LogP contribution in [0, 0.1) is 33.1 Å². The van der Waals surface area contributed by atoms with E-state index < -0.39 is 35.4 Å². The molecule has 7 aromatic rings. The molecule has 0 radical (unpaired) electrons. The third-order valence-corrected chi connectivity index (χ3v) is 15.1. The number of aryl methyl sites for hydroxylation is 3. The molecule has 0 aliphatic carbocycles. The first kappa shape index (κ1) is 46.3. The summed E-state index contributed by atoms with van der Waals surface area (Å²) >= 11 is 3.23. The van der Waals surface area contributed by atoms with E-state index in [4.69, 9.17) is 14.1 Å². The van der Waals surface area contributed by atoms with Crippen LogP contribution in [0.1, 0.15) is 114 Å². The third-order valence-electron chi connectivity index (χ3n) is 12.9. The maximum Gasteiger partial charge on any atom is 0.308 e. The Labute approximate surface area is 402 Å². The Morgan fingerprint density at radius 1 is 0.912 bits per heavy atom. The van der Waals surface area contributed by atoms with Crippen molar-refractivity contribution in [3.8, 4) is 26.6 Å². The summed E-state index contributed by atoms with van der Waals surface area (Å²) < 4.78 is 13.1. The molecular weight excluding hydrogens is 899 g/mol. The Morgan fingerprint density at radius 2 is 1.62 bits per heavy atom.